The van der Waals surface area contributed by atoms with E-state index in [4.69, 9.17) is 18.4 Å². The third-order valence-corrected chi connectivity index (χ3v) is 4.01. The summed E-state index contributed by atoms with van der Waals surface area (Å²) in [6.07, 6.45) is 2.11. The van der Waals surface area contributed by atoms with Crippen LogP contribution in [0, 0.1) is 0 Å². The fourth-order valence-corrected chi connectivity index (χ4v) is 2.74. The highest BCUT2D eigenvalue weighted by Crippen LogP contribution is 2.30. The highest BCUT2D eigenvalue weighted by molar-refractivity contribution is 7.85. The summed E-state index contributed by atoms with van der Waals surface area (Å²) >= 11 is 0. The number of benzene rings is 1. The van der Waals surface area contributed by atoms with Crippen molar-refractivity contribution >= 4 is 10.1 Å². The molecule has 2 rings (SSSR count). The number of hydrogen-bond donors (Lipinski definition) is 0. The summed E-state index contributed by atoms with van der Waals surface area (Å²) < 4.78 is 44.2. The minimum atomic E-state index is -3.53. The van der Waals surface area contributed by atoms with Crippen LogP contribution in [0.25, 0.3) is 0 Å². The molecule has 7 heteroatoms. The van der Waals surface area contributed by atoms with Gasteiger partial charge < -0.3 is 14.2 Å². The van der Waals surface area contributed by atoms with Gasteiger partial charge in [-0.3, -0.25) is 4.18 Å². The summed E-state index contributed by atoms with van der Waals surface area (Å²) in [5.41, 5.74) is 0.778. The lowest BCUT2D eigenvalue weighted by Gasteiger charge is -2.28. The Balaban J connectivity index is 2.15. The molecule has 1 atom stereocenters. The number of hydrogen-bond acceptors (Lipinski definition) is 6. The van der Waals surface area contributed by atoms with E-state index in [0.29, 0.717) is 19.0 Å². The topological polar surface area (TPSA) is 71.1 Å². The molecule has 124 valence electrons. The number of para-hydroxylation sites is 1. The molecule has 1 aliphatic heterocycles. The maximum absolute atomic E-state index is 11.3. The van der Waals surface area contributed by atoms with E-state index in [0.717, 1.165) is 24.7 Å². The summed E-state index contributed by atoms with van der Waals surface area (Å²) in [5, 5.41) is 0. The lowest BCUT2D eigenvalue weighted by atomic mass is 10.1. The van der Waals surface area contributed by atoms with Crippen molar-refractivity contribution in [3.8, 4) is 5.75 Å². The van der Waals surface area contributed by atoms with Crippen molar-refractivity contribution in [1.82, 2.24) is 0 Å². The average Bonchev–Trinajstić information content (AvgIpc) is 2.51. The van der Waals surface area contributed by atoms with Crippen molar-refractivity contribution in [2.75, 3.05) is 33.2 Å². The van der Waals surface area contributed by atoms with Gasteiger partial charge in [0.25, 0.3) is 10.1 Å². The van der Waals surface area contributed by atoms with Crippen LogP contribution in [0.5, 0.6) is 5.75 Å². The second-order valence-corrected chi connectivity index (χ2v) is 6.81. The molecule has 0 aliphatic carbocycles. The summed E-state index contributed by atoms with van der Waals surface area (Å²) in [6, 6.07) is 7.38. The fraction of sp³-hybridized carbons (Fsp3) is 0.600. The maximum atomic E-state index is 11.3. The Labute approximate surface area is 131 Å². The molecule has 0 radical (unpaired) electrons. The second kappa shape index (κ2) is 7.92. The van der Waals surface area contributed by atoms with E-state index in [1.54, 1.807) is 7.11 Å². The van der Waals surface area contributed by atoms with Crippen LogP contribution < -0.4 is 4.74 Å². The van der Waals surface area contributed by atoms with Crippen molar-refractivity contribution in [2.45, 2.75) is 25.0 Å². The molecule has 0 amide bonds. The lowest BCUT2D eigenvalue weighted by Crippen LogP contribution is -2.27. The number of methoxy groups -OCH3 is 1. The molecule has 1 aliphatic rings. The summed E-state index contributed by atoms with van der Waals surface area (Å²) in [6.45, 7) is 1.23. The van der Waals surface area contributed by atoms with Crippen LogP contribution in [-0.2, 0) is 23.8 Å². The van der Waals surface area contributed by atoms with E-state index in [-0.39, 0.29) is 12.7 Å². The molecule has 6 nitrogen and oxygen atoms in total. The molecule has 1 unspecified atom stereocenters. The van der Waals surface area contributed by atoms with Crippen LogP contribution in [0.4, 0.5) is 0 Å². The first kappa shape index (κ1) is 17.2. The Kier molecular flexibility index (Phi) is 6.19. The van der Waals surface area contributed by atoms with E-state index in [9.17, 15) is 8.42 Å². The third-order valence-electron chi connectivity index (χ3n) is 3.44. The van der Waals surface area contributed by atoms with Gasteiger partial charge in [-0.25, -0.2) is 0 Å². The molecule has 0 aromatic heterocycles. The highest BCUT2D eigenvalue weighted by Gasteiger charge is 2.24. The maximum Gasteiger partial charge on any atom is 0.264 e. The van der Waals surface area contributed by atoms with Gasteiger partial charge in [-0.1, -0.05) is 18.2 Å². The Hall–Kier alpha value is -1.15. The number of ether oxygens (including phenoxy) is 3. The Morgan fingerprint density at radius 2 is 1.95 bits per heavy atom. The minimum Gasteiger partial charge on any atom is -0.496 e. The average molecular weight is 330 g/mol. The normalized spacial score (nSPS) is 18.1. The highest BCUT2D eigenvalue weighted by atomic mass is 32.2. The predicted molar refractivity (Wildman–Crippen MR) is 81.5 cm³/mol. The van der Waals surface area contributed by atoms with Gasteiger partial charge in [0.05, 0.1) is 26.1 Å². The van der Waals surface area contributed by atoms with Crippen molar-refractivity contribution < 1.29 is 26.8 Å². The molecular formula is C15H22O6S. The van der Waals surface area contributed by atoms with E-state index in [2.05, 4.69) is 0 Å². The monoisotopic (exact) mass is 330 g/mol. The molecule has 1 heterocycles. The molecule has 1 aromatic rings. The molecule has 0 N–H and O–H groups in total. The first-order valence-electron chi connectivity index (χ1n) is 7.20. The van der Waals surface area contributed by atoms with Crippen LogP contribution in [0.2, 0.25) is 0 Å². The fourth-order valence-electron chi connectivity index (χ4n) is 2.36. The third kappa shape index (κ3) is 5.24. The molecule has 0 spiro atoms. The SMILES string of the molecule is COc1ccccc1C(COS(C)(=O)=O)OC1CCOCC1. The second-order valence-electron chi connectivity index (χ2n) is 5.17. The van der Waals surface area contributed by atoms with Crippen LogP contribution in [-0.4, -0.2) is 47.7 Å². The first-order valence-corrected chi connectivity index (χ1v) is 9.02. The zero-order valence-electron chi connectivity index (χ0n) is 12.9. The van der Waals surface area contributed by atoms with E-state index in [1.807, 2.05) is 24.3 Å². The number of rotatable bonds is 7. The van der Waals surface area contributed by atoms with Gasteiger partial charge in [0.15, 0.2) is 0 Å². The van der Waals surface area contributed by atoms with E-state index < -0.39 is 16.2 Å². The van der Waals surface area contributed by atoms with Crippen molar-refractivity contribution in [3.63, 3.8) is 0 Å². The molecular weight excluding hydrogens is 308 g/mol. The van der Waals surface area contributed by atoms with Crippen molar-refractivity contribution in [1.29, 1.82) is 0 Å². The van der Waals surface area contributed by atoms with Gasteiger partial charge in [-0.15, -0.1) is 0 Å². The zero-order valence-corrected chi connectivity index (χ0v) is 13.7. The first-order chi connectivity index (χ1) is 10.5. The molecule has 1 saturated heterocycles. The van der Waals surface area contributed by atoms with Crippen LogP contribution in [0.1, 0.15) is 24.5 Å². The molecule has 0 saturated carbocycles. The minimum absolute atomic E-state index is 0.0202. The Morgan fingerprint density at radius 1 is 1.27 bits per heavy atom. The quantitative estimate of drug-likeness (QED) is 0.711. The smallest absolute Gasteiger partial charge is 0.264 e. The molecule has 1 aromatic carbocycles. The summed E-state index contributed by atoms with van der Waals surface area (Å²) in [7, 11) is -1.96. The lowest BCUT2D eigenvalue weighted by molar-refractivity contribution is -0.0816. The van der Waals surface area contributed by atoms with Gasteiger partial charge in [0, 0.05) is 18.8 Å². The van der Waals surface area contributed by atoms with Gasteiger partial charge >= 0.3 is 0 Å². The van der Waals surface area contributed by atoms with Crippen LogP contribution in [0.15, 0.2) is 24.3 Å². The van der Waals surface area contributed by atoms with Gasteiger partial charge in [0.1, 0.15) is 11.9 Å². The standard InChI is InChI=1S/C15H22O6S/c1-18-14-6-4-3-5-13(14)15(11-20-22(2,16)17)21-12-7-9-19-10-8-12/h3-6,12,15H,7-11H2,1-2H3. The summed E-state index contributed by atoms with van der Waals surface area (Å²) in [5.74, 6) is 0.650. The van der Waals surface area contributed by atoms with E-state index >= 15 is 0 Å². The predicted octanol–water partition coefficient (Wildman–Crippen LogP) is 1.91. The Bertz CT molecular complexity index is 565. The zero-order chi connectivity index (χ0) is 16.0. The van der Waals surface area contributed by atoms with Crippen LogP contribution >= 0.6 is 0 Å². The molecule has 0 bridgehead atoms. The summed E-state index contributed by atoms with van der Waals surface area (Å²) in [4.78, 5) is 0. The van der Waals surface area contributed by atoms with Gasteiger partial charge in [-0.2, -0.15) is 8.42 Å². The van der Waals surface area contributed by atoms with Gasteiger partial charge in [-0.05, 0) is 18.9 Å². The van der Waals surface area contributed by atoms with Crippen molar-refractivity contribution in [3.05, 3.63) is 29.8 Å². The molecule has 22 heavy (non-hydrogen) atoms. The van der Waals surface area contributed by atoms with Gasteiger partial charge in [0.2, 0.25) is 0 Å². The van der Waals surface area contributed by atoms with E-state index in [1.165, 1.54) is 0 Å². The Morgan fingerprint density at radius 3 is 2.59 bits per heavy atom. The van der Waals surface area contributed by atoms with Crippen LogP contribution in [0.3, 0.4) is 0 Å². The molecule has 1 fully saturated rings. The van der Waals surface area contributed by atoms with Crippen molar-refractivity contribution in [2.24, 2.45) is 0 Å². The largest absolute Gasteiger partial charge is 0.496 e.